The monoisotopic (exact) mass is 267 g/mol. The van der Waals surface area contributed by atoms with Crippen molar-refractivity contribution in [2.24, 2.45) is 5.92 Å². The third-order valence-corrected chi connectivity index (χ3v) is 3.98. The minimum absolute atomic E-state index is 0.803. The van der Waals surface area contributed by atoms with Crippen molar-refractivity contribution in [3.05, 3.63) is 29.8 Å². The lowest BCUT2D eigenvalue weighted by atomic mass is 10.1. The zero-order chi connectivity index (χ0) is 12.8. The van der Waals surface area contributed by atoms with Crippen LogP contribution in [0, 0.1) is 5.92 Å². The molecule has 1 aromatic rings. The molecule has 1 aromatic carbocycles. The first-order valence-electron chi connectivity index (χ1n) is 6.73. The van der Waals surface area contributed by atoms with Crippen LogP contribution >= 0.6 is 11.6 Å². The Balaban J connectivity index is 1.74. The Morgan fingerprint density at radius 1 is 1.33 bits per heavy atom. The highest BCUT2D eigenvalue weighted by atomic mass is 35.5. The molecule has 0 bridgehead atoms. The van der Waals surface area contributed by atoms with E-state index >= 15 is 0 Å². The normalized spacial score (nSPS) is 20.2. The molecule has 18 heavy (non-hydrogen) atoms. The summed E-state index contributed by atoms with van der Waals surface area (Å²) >= 11 is 5.80. The molecule has 1 saturated heterocycles. The van der Waals surface area contributed by atoms with Gasteiger partial charge in [-0.05, 0) is 49.4 Å². The second kappa shape index (κ2) is 7.01. The van der Waals surface area contributed by atoms with Crippen molar-refractivity contribution in [1.29, 1.82) is 0 Å². The molecule has 0 radical (unpaired) electrons. The molecule has 1 fully saturated rings. The van der Waals surface area contributed by atoms with Crippen molar-refractivity contribution in [1.82, 2.24) is 4.90 Å². The van der Waals surface area contributed by atoms with Gasteiger partial charge in [-0.2, -0.15) is 0 Å². The van der Waals surface area contributed by atoms with Crippen molar-refractivity contribution in [3.8, 4) is 5.75 Å². The van der Waals surface area contributed by atoms with Gasteiger partial charge in [0.25, 0.3) is 0 Å². The van der Waals surface area contributed by atoms with Gasteiger partial charge in [0, 0.05) is 19.0 Å². The molecule has 1 aliphatic heterocycles. The number of nitrogens with zero attached hydrogens (tertiary/aromatic N) is 1. The van der Waals surface area contributed by atoms with E-state index in [1.807, 2.05) is 12.1 Å². The number of hydrogen-bond acceptors (Lipinski definition) is 2. The van der Waals surface area contributed by atoms with E-state index in [2.05, 4.69) is 17.0 Å². The van der Waals surface area contributed by atoms with Gasteiger partial charge in [0.1, 0.15) is 5.75 Å². The standard InChI is InChI=1S/C15H22ClNO/c1-18-15-4-2-13(3-5-15)7-10-17-11-8-14(12-17)6-9-16/h2-5,14H,6-12H2,1H3. The molecule has 0 aromatic heterocycles. The molecule has 1 unspecified atom stereocenters. The van der Waals surface area contributed by atoms with Gasteiger partial charge < -0.3 is 9.64 Å². The number of alkyl halides is 1. The summed E-state index contributed by atoms with van der Waals surface area (Å²) in [4.78, 5) is 2.56. The smallest absolute Gasteiger partial charge is 0.118 e. The minimum Gasteiger partial charge on any atom is -0.497 e. The summed E-state index contributed by atoms with van der Waals surface area (Å²) in [6.45, 7) is 3.62. The Hall–Kier alpha value is -0.730. The number of rotatable bonds is 6. The van der Waals surface area contributed by atoms with E-state index in [0.717, 1.165) is 30.5 Å². The first-order valence-corrected chi connectivity index (χ1v) is 7.26. The van der Waals surface area contributed by atoms with Gasteiger partial charge in [-0.3, -0.25) is 0 Å². The number of methoxy groups -OCH3 is 1. The topological polar surface area (TPSA) is 12.5 Å². The Bertz CT molecular complexity index is 352. The summed E-state index contributed by atoms with van der Waals surface area (Å²) in [7, 11) is 1.70. The molecule has 1 aliphatic rings. The number of hydrogen-bond donors (Lipinski definition) is 0. The van der Waals surface area contributed by atoms with Gasteiger partial charge in [0.2, 0.25) is 0 Å². The zero-order valence-electron chi connectivity index (χ0n) is 11.1. The third-order valence-electron chi connectivity index (χ3n) is 3.76. The van der Waals surface area contributed by atoms with Crippen molar-refractivity contribution in [2.75, 3.05) is 32.6 Å². The maximum atomic E-state index is 5.80. The summed E-state index contributed by atoms with van der Waals surface area (Å²) < 4.78 is 5.17. The zero-order valence-corrected chi connectivity index (χ0v) is 11.8. The molecular formula is C15H22ClNO. The quantitative estimate of drug-likeness (QED) is 0.734. The lowest BCUT2D eigenvalue weighted by molar-refractivity contribution is 0.327. The first kappa shape index (κ1) is 13.7. The molecule has 0 N–H and O–H groups in total. The molecule has 3 heteroatoms. The first-order chi connectivity index (χ1) is 8.81. The molecule has 1 heterocycles. The van der Waals surface area contributed by atoms with Crippen LogP contribution in [0.1, 0.15) is 18.4 Å². The van der Waals surface area contributed by atoms with E-state index in [-0.39, 0.29) is 0 Å². The summed E-state index contributed by atoms with van der Waals surface area (Å²) in [6.07, 6.45) is 3.60. The Kier molecular flexibility index (Phi) is 5.33. The van der Waals surface area contributed by atoms with Crippen molar-refractivity contribution < 1.29 is 4.74 Å². The fourth-order valence-corrected chi connectivity index (χ4v) is 2.89. The highest BCUT2D eigenvalue weighted by Crippen LogP contribution is 2.20. The second-order valence-corrected chi connectivity index (χ2v) is 5.41. The van der Waals surface area contributed by atoms with Gasteiger partial charge >= 0.3 is 0 Å². The molecule has 100 valence electrons. The predicted molar refractivity (Wildman–Crippen MR) is 76.6 cm³/mol. The highest BCUT2D eigenvalue weighted by Gasteiger charge is 2.21. The van der Waals surface area contributed by atoms with Crippen LogP contribution in [0.2, 0.25) is 0 Å². The van der Waals surface area contributed by atoms with Crippen LogP contribution in [-0.2, 0) is 6.42 Å². The van der Waals surface area contributed by atoms with E-state index in [1.165, 1.54) is 31.5 Å². The number of halogens is 1. The number of ether oxygens (including phenoxy) is 1. The van der Waals surface area contributed by atoms with Crippen LogP contribution in [0.4, 0.5) is 0 Å². The largest absolute Gasteiger partial charge is 0.497 e. The molecular weight excluding hydrogens is 246 g/mol. The van der Waals surface area contributed by atoms with Gasteiger partial charge in [0.15, 0.2) is 0 Å². The number of benzene rings is 1. The molecule has 2 rings (SSSR count). The van der Waals surface area contributed by atoms with Crippen LogP contribution in [-0.4, -0.2) is 37.5 Å². The van der Waals surface area contributed by atoms with Gasteiger partial charge in [-0.15, -0.1) is 11.6 Å². The second-order valence-electron chi connectivity index (χ2n) is 5.03. The van der Waals surface area contributed by atoms with Crippen LogP contribution in [0.25, 0.3) is 0 Å². The average molecular weight is 268 g/mol. The Labute approximate surface area is 115 Å². The molecule has 0 aliphatic carbocycles. The van der Waals surface area contributed by atoms with Crippen molar-refractivity contribution >= 4 is 11.6 Å². The van der Waals surface area contributed by atoms with Gasteiger partial charge in [-0.1, -0.05) is 12.1 Å². The number of likely N-dealkylation sites (tertiary alicyclic amines) is 1. The third kappa shape index (κ3) is 3.89. The van der Waals surface area contributed by atoms with Crippen LogP contribution in [0.5, 0.6) is 5.75 Å². The SMILES string of the molecule is COc1ccc(CCN2CCC(CCCl)C2)cc1. The fraction of sp³-hybridized carbons (Fsp3) is 0.600. The lowest BCUT2D eigenvalue weighted by Gasteiger charge is -2.15. The summed E-state index contributed by atoms with van der Waals surface area (Å²) in [5.41, 5.74) is 1.39. The summed E-state index contributed by atoms with van der Waals surface area (Å²) in [6, 6.07) is 8.39. The highest BCUT2D eigenvalue weighted by molar-refractivity contribution is 6.17. The van der Waals surface area contributed by atoms with Crippen LogP contribution < -0.4 is 4.74 Å². The molecule has 0 saturated carbocycles. The van der Waals surface area contributed by atoms with Gasteiger partial charge in [0.05, 0.1) is 7.11 Å². The van der Waals surface area contributed by atoms with E-state index in [0.29, 0.717) is 0 Å². The van der Waals surface area contributed by atoms with E-state index in [9.17, 15) is 0 Å². The predicted octanol–water partition coefficient (Wildman–Crippen LogP) is 3.19. The van der Waals surface area contributed by atoms with Crippen molar-refractivity contribution in [3.63, 3.8) is 0 Å². The lowest BCUT2D eigenvalue weighted by Crippen LogP contribution is -2.23. The fourth-order valence-electron chi connectivity index (χ4n) is 2.59. The van der Waals surface area contributed by atoms with Gasteiger partial charge in [-0.25, -0.2) is 0 Å². The van der Waals surface area contributed by atoms with E-state index < -0.39 is 0 Å². The van der Waals surface area contributed by atoms with E-state index in [1.54, 1.807) is 7.11 Å². The van der Waals surface area contributed by atoms with Crippen LogP contribution in [0.15, 0.2) is 24.3 Å². The maximum absolute atomic E-state index is 5.80. The molecule has 1 atom stereocenters. The Morgan fingerprint density at radius 2 is 2.11 bits per heavy atom. The van der Waals surface area contributed by atoms with Crippen molar-refractivity contribution in [2.45, 2.75) is 19.3 Å². The average Bonchev–Trinajstić information content (AvgIpc) is 2.85. The molecule has 0 spiro atoms. The Morgan fingerprint density at radius 3 is 2.78 bits per heavy atom. The van der Waals surface area contributed by atoms with E-state index in [4.69, 9.17) is 16.3 Å². The minimum atomic E-state index is 0.803. The maximum Gasteiger partial charge on any atom is 0.118 e. The summed E-state index contributed by atoms with van der Waals surface area (Å²) in [5, 5.41) is 0. The molecule has 0 amide bonds. The molecule has 2 nitrogen and oxygen atoms in total. The summed E-state index contributed by atoms with van der Waals surface area (Å²) in [5.74, 6) is 2.55. The van der Waals surface area contributed by atoms with Crippen LogP contribution in [0.3, 0.4) is 0 Å².